The van der Waals surface area contributed by atoms with Gasteiger partial charge in [0.15, 0.2) is 0 Å². The molecule has 0 saturated carbocycles. The third kappa shape index (κ3) is 11.0. The summed E-state index contributed by atoms with van der Waals surface area (Å²) < 4.78 is 17.0. The molecule has 0 radical (unpaired) electrons. The Morgan fingerprint density at radius 3 is 1.07 bits per heavy atom. The van der Waals surface area contributed by atoms with Crippen molar-refractivity contribution >= 4 is 126 Å². The van der Waals surface area contributed by atoms with E-state index in [0.29, 0.717) is 89.7 Å². The molecule has 0 bridgehead atoms. The first-order chi connectivity index (χ1) is 42.2. The maximum absolute atomic E-state index is 12.4. The summed E-state index contributed by atoms with van der Waals surface area (Å²) in [5.41, 5.74) is 9.06. The maximum Gasteiger partial charge on any atom is 0.328 e. The molecule has 0 fully saturated rings. The van der Waals surface area contributed by atoms with Crippen LogP contribution in [0.5, 0.6) is 11.5 Å². The number of fused-ring (bicyclic) bond motifs is 3. The molecule has 10 nitrogen and oxygen atoms in total. The van der Waals surface area contributed by atoms with Crippen LogP contribution in [0.15, 0.2) is 231 Å². The van der Waals surface area contributed by atoms with Gasteiger partial charge in [-0.2, -0.15) is 10.5 Å². The molecule has 0 N–H and O–H groups in total. The number of allylic oxidation sites excluding steroid dienone is 2. The van der Waals surface area contributed by atoms with E-state index in [1.807, 2.05) is 159 Å². The third-order valence-corrected chi connectivity index (χ3v) is 16.4. The largest absolute Gasteiger partial charge is 0.490 e. The SMILES string of the molecule is C/C=C\COc1ccc(-c2c3/c(=C(\C#N)c4cnc5cc(Cl)c(Cl)cc5n4)n(B(c4ccccc4)c4ccccc4)c(-c4ccc(OC/C=C\C)cc4)c3/c(=C(\C#N)c3cnc4cc(Cl)c(Cl)cc4n3)n2B(c2ccccc2)c2ccccc2)cc1. The van der Waals surface area contributed by atoms with Crippen LogP contribution in [-0.4, -0.2) is 55.8 Å². The van der Waals surface area contributed by atoms with Crippen molar-refractivity contribution in [3.8, 4) is 46.2 Å². The topological polar surface area (TPSA) is 127 Å². The van der Waals surface area contributed by atoms with Crippen LogP contribution in [0.3, 0.4) is 0 Å². The molecule has 0 aliphatic heterocycles. The monoisotopic (exact) mass is 1190 g/mol. The quantitative estimate of drug-likeness (QED) is 0.0691. The van der Waals surface area contributed by atoms with E-state index in [4.69, 9.17) is 75.8 Å². The van der Waals surface area contributed by atoms with Gasteiger partial charge in [-0.3, -0.25) is 9.97 Å². The summed E-state index contributed by atoms with van der Waals surface area (Å²) in [4.78, 5) is 20.3. The van der Waals surface area contributed by atoms with Crippen molar-refractivity contribution in [3.05, 3.63) is 273 Å². The van der Waals surface area contributed by atoms with Crippen LogP contribution >= 0.6 is 46.4 Å². The predicted molar refractivity (Wildman–Crippen MR) is 353 cm³/mol. The molecule has 16 heteroatoms. The van der Waals surface area contributed by atoms with Crippen molar-refractivity contribution in [2.75, 3.05) is 13.2 Å². The lowest BCUT2D eigenvalue weighted by Crippen LogP contribution is -2.54. The molecular weight excluding hydrogens is 1150 g/mol. The molecule has 86 heavy (non-hydrogen) atoms. The van der Waals surface area contributed by atoms with Crippen LogP contribution in [0.4, 0.5) is 0 Å². The van der Waals surface area contributed by atoms with E-state index >= 15 is 0 Å². The minimum Gasteiger partial charge on any atom is -0.490 e. The summed E-state index contributed by atoms with van der Waals surface area (Å²) in [6, 6.07) is 68.7. The Bertz CT molecular complexity index is 4420. The highest BCUT2D eigenvalue weighted by Gasteiger charge is 2.37. The molecule has 0 aliphatic rings. The van der Waals surface area contributed by atoms with Crippen molar-refractivity contribution in [1.82, 2.24) is 28.9 Å². The maximum atomic E-state index is 12.4. The zero-order valence-corrected chi connectivity index (χ0v) is 49.4. The Labute approximate surface area is 517 Å². The molecule has 4 heterocycles. The Kier molecular flexibility index (Phi) is 16.7. The summed E-state index contributed by atoms with van der Waals surface area (Å²) in [7, 11) is 0. The van der Waals surface area contributed by atoms with Crippen LogP contribution in [-0.2, 0) is 0 Å². The molecule has 0 unspecified atom stereocenters. The van der Waals surface area contributed by atoms with Gasteiger partial charge in [0.05, 0.1) is 65.2 Å². The van der Waals surface area contributed by atoms with Crippen molar-refractivity contribution in [2.24, 2.45) is 0 Å². The number of hydrogen-bond donors (Lipinski definition) is 0. The van der Waals surface area contributed by atoms with Gasteiger partial charge in [0.25, 0.3) is 0 Å². The van der Waals surface area contributed by atoms with Crippen molar-refractivity contribution < 1.29 is 9.47 Å². The number of nitrogens with zero attached hydrogens (tertiary/aromatic N) is 8. The van der Waals surface area contributed by atoms with Gasteiger partial charge in [0, 0.05) is 22.2 Å². The second-order valence-corrected chi connectivity index (χ2v) is 21.8. The second kappa shape index (κ2) is 25.3. The standard InChI is InChI=1S/C70H48B2Cl4N8O2/c1-3-5-35-85-51-31-27-45(28-32-51)67-65-66(70(54(42-78)64-44-80-60-38-56(74)58(76)40-62(60)82-64)83(67)71(47-19-11-7-12-20-47)48-21-13-8-14-22-48)68(46-29-33-52(34-30-46)86-36-6-4-2)84(72(49-23-15-9-16-24-49)50-25-17-10-18-26-50)69(65)53(41-77)63-43-79-59-37-55(73)57(75)39-61(59)81-63/h3-34,37-40,43-44H,35-36H2,1-2H3/b5-3-,6-4-,69-53-,70-54-. The van der Waals surface area contributed by atoms with Gasteiger partial charge >= 0.3 is 13.7 Å². The first kappa shape index (κ1) is 56.8. The van der Waals surface area contributed by atoms with Gasteiger partial charge in [0.2, 0.25) is 0 Å². The lowest BCUT2D eigenvalue weighted by Gasteiger charge is -2.24. The lowest BCUT2D eigenvalue weighted by molar-refractivity contribution is 0.362. The molecular formula is C70H48B2Cl4N8O2. The first-order valence-corrected chi connectivity index (χ1v) is 29.2. The summed E-state index contributed by atoms with van der Waals surface area (Å²) in [6.07, 6.45) is 11.0. The number of benzene rings is 8. The molecule has 0 amide bonds. The van der Waals surface area contributed by atoms with E-state index in [1.165, 1.54) is 0 Å². The van der Waals surface area contributed by atoms with E-state index in [2.05, 4.69) is 69.6 Å². The van der Waals surface area contributed by atoms with E-state index in [-0.39, 0.29) is 32.6 Å². The second-order valence-electron chi connectivity index (χ2n) is 20.1. The highest BCUT2D eigenvalue weighted by atomic mass is 35.5. The van der Waals surface area contributed by atoms with Crippen LogP contribution in [0, 0.1) is 22.7 Å². The fourth-order valence-corrected chi connectivity index (χ4v) is 11.8. The molecule has 12 aromatic rings. The van der Waals surface area contributed by atoms with Gasteiger partial charge in [0.1, 0.15) is 59.4 Å². The van der Waals surface area contributed by atoms with E-state index in [0.717, 1.165) is 33.0 Å². The van der Waals surface area contributed by atoms with Gasteiger partial charge < -0.3 is 18.4 Å². The minimum atomic E-state index is -0.654. The lowest BCUT2D eigenvalue weighted by atomic mass is 9.50. The van der Waals surface area contributed by atoms with Crippen molar-refractivity contribution in [1.29, 1.82) is 10.5 Å². The third-order valence-electron chi connectivity index (χ3n) is 14.9. The van der Waals surface area contributed by atoms with Crippen LogP contribution < -0.4 is 42.0 Å². The van der Waals surface area contributed by atoms with Gasteiger partial charge in [-0.25, -0.2) is 9.97 Å². The zero-order valence-electron chi connectivity index (χ0n) is 46.4. The van der Waals surface area contributed by atoms with Crippen LogP contribution in [0.1, 0.15) is 25.2 Å². The molecule has 0 aliphatic carbocycles. The van der Waals surface area contributed by atoms with E-state index < -0.39 is 13.7 Å². The minimum absolute atomic E-state index is 0.174. The zero-order chi connectivity index (χ0) is 59.3. The van der Waals surface area contributed by atoms with Gasteiger partial charge in [-0.15, -0.1) is 0 Å². The molecule has 0 saturated heterocycles. The number of halogens is 4. The Hall–Kier alpha value is -9.65. The number of nitriles is 2. The number of ether oxygens (including phenoxy) is 2. The van der Waals surface area contributed by atoms with E-state index in [1.54, 1.807) is 36.7 Å². The summed E-state index contributed by atoms with van der Waals surface area (Å²) in [5.74, 6) is 1.27. The average molecular weight is 1200 g/mol. The Morgan fingerprint density at radius 2 is 0.767 bits per heavy atom. The fraction of sp³-hybridized carbons (Fsp3) is 0.0571. The van der Waals surface area contributed by atoms with Crippen LogP contribution in [0.2, 0.25) is 20.1 Å². The van der Waals surface area contributed by atoms with Gasteiger partial charge in [-0.05, 0) is 97.8 Å². The molecule has 8 aromatic carbocycles. The molecule has 4 aromatic heterocycles. The van der Waals surface area contributed by atoms with Crippen LogP contribution in [0.25, 0.3) is 66.5 Å². The van der Waals surface area contributed by atoms with E-state index in [9.17, 15) is 10.5 Å². The average Bonchev–Trinajstić information content (AvgIpc) is 1.57. The number of hydrogen-bond acceptors (Lipinski definition) is 8. The highest BCUT2D eigenvalue weighted by molar-refractivity contribution is 6.85. The molecule has 414 valence electrons. The first-order valence-electron chi connectivity index (χ1n) is 27.7. The number of rotatable bonds is 16. The highest BCUT2D eigenvalue weighted by Crippen LogP contribution is 2.38. The summed E-state index contributed by atoms with van der Waals surface area (Å²) in [6.45, 7) is 3.31. The molecule has 0 spiro atoms. The van der Waals surface area contributed by atoms with Gasteiger partial charge in [-0.1, -0.05) is 214 Å². The molecule has 12 rings (SSSR count). The number of aromatic nitrogens is 6. The fourth-order valence-electron chi connectivity index (χ4n) is 11.1. The predicted octanol–water partition coefficient (Wildman–Crippen LogP) is 12.9. The van der Waals surface area contributed by atoms with Crippen molar-refractivity contribution in [3.63, 3.8) is 0 Å². The normalized spacial score (nSPS) is 12.2. The Balaban J connectivity index is 1.42. The van der Waals surface area contributed by atoms with Crippen molar-refractivity contribution in [2.45, 2.75) is 13.8 Å². The molecule has 0 atom stereocenters. The smallest absolute Gasteiger partial charge is 0.328 e. The summed E-state index contributed by atoms with van der Waals surface area (Å²) in [5, 5.41) is 28.1. The summed E-state index contributed by atoms with van der Waals surface area (Å²) >= 11 is 26.7. The Morgan fingerprint density at radius 1 is 0.453 bits per heavy atom.